The van der Waals surface area contributed by atoms with Crippen LogP contribution in [-0.2, 0) is 10.0 Å². The van der Waals surface area contributed by atoms with Gasteiger partial charge in [-0.3, -0.25) is 9.59 Å². The van der Waals surface area contributed by atoms with Gasteiger partial charge in [-0.05, 0) is 55.8 Å². The van der Waals surface area contributed by atoms with Gasteiger partial charge >= 0.3 is 6.18 Å². The lowest BCUT2D eigenvalue weighted by Crippen LogP contribution is -2.26. The Labute approximate surface area is 201 Å². The lowest BCUT2D eigenvalue weighted by Gasteiger charge is -2.16. The lowest BCUT2D eigenvalue weighted by molar-refractivity contribution is -0.0884. The van der Waals surface area contributed by atoms with E-state index in [4.69, 9.17) is 16.1 Å². The third-order valence-electron chi connectivity index (χ3n) is 4.63. The largest absolute Gasteiger partial charge is 0.454 e. The molecule has 0 saturated carbocycles. The molecule has 1 aromatic carbocycles. The maximum atomic E-state index is 13.1. The second-order valence-corrected chi connectivity index (χ2v) is 10.3. The minimum Gasteiger partial charge on any atom is -0.336 e. The topological polar surface area (TPSA) is 118 Å². The van der Waals surface area contributed by atoms with Crippen LogP contribution in [0.25, 0.3) is 0 Å². The third-order valence-corrected chi connectivity index (χ3v) is 7.82. The van der Waals surface area contributed by atoms with Crippen LogP contribution in [0.3, 0.4) is 0 Å². The van der Waals surface area contributed by atoms with E-state index in [0.29, 0.717) is 5.56 Å². The summed E-state index contributed by atoms with van der Waals surface area (Å²) in [7, 11) is -4.41. The minimum absolute atomic E-state index is 0.0759. The molecule has 0 bridgehead atoms. The number of aryl methyl sites for hydroxylation is 4. The molecule has 34 heavy (non-hydrogen) atoms. The second-order valence-electron chi connectivity index (χ2n) is 7.38. The fraction of sp³-hybridized carbons (Fsp3) is 0.250. The van der Waals surface area contributed by atoms with Crippen molar-refractivity contribution < 1.29 is 35.7 Å². The first kappa shape index (κ1) is 25.7. The molecule has 0 unspecified atom stereocenters. The van der Waals surface area contributed by atoms with E-state index in [1.807, 2.05) is 0 Å². The van der Waals surface area contributed by atoms with Gasteiger partial charge in [0.1, 0.15) is 20.5 Å². The Hall–Kier alpha value is -2.90. The van der Waals surface area contributed by atoms with Crippen molar-refractivity contribution in [3.8, 4) is 0 Å². The van der Waals surface area contributed by atoms with Crippen LogP contribution >= 0.6 is 22.9 Å². The van der Waals surface area contributed by atoms with E-state index in [9.17, 15) is 31.2 Å². The summed E-state index contributed by atoms with van der Waals surface area (Å²) >= 11 is 6.72. The number of nitrogens with zero attached hydrogens (tertiary/aromatic N) is 1. The molecule has 0 radical (unpaired) electrons. The zero-order valence-electron chi connectivity index (χ0n) is 18.0. The summed E-state index contributed by atoms with van der Waals surface area (Å²) in [6.07, 6.45) is -5.17. The van der Waals surface area contributed by atoms with Crippen LogP contribution < -0.4 is 10.0 Å². The number of rotatable bonds is 6. The number of aromatic nitrogens is 1. The standard InChI is InChI=1S/C20H17ClF3N3O5S2/c1-8-5-9(2)14(12(6-8)17(28)20(22,23)24)25-18(29)15-16(10(3)7-33-15)34(30,31)27-19-13(21)11(4)26-32-19/h5-7,27H,1-4H3,(H,25,29). The quantitative estimate of drug-likeness (QED) is 0.407. The molecule has 2 aromatic heterocycles. The fourth-order valence-electron chi connectivity index (χ4n) is 3.15. The Morgan fingerprint density at radius 2 is 1.76 bits per heavy atom. The molecule has 0 aliphatic rings. The highest BCUT2D eigenvalue weighted by Crippen LogP contribution is 2.34. The minimum atomic E-state index is -5.17. The van der Waals surface area contributed by atoms with E-state index in [-0.39, 0.29) is 38.3 Å². The molecular weight excluding hydrogens is 519 g/mol. The highest BCUT2D eigenvalue weighted by atomic mass is 35.5. The number of halogens is 4. The number of alkyl halides is 3. The number of amides is 1. The SMILES string of the molecule is Cc1cc(C)c(NC(=O)c2scc(C)c2S(=O)(=O)Nc2onc(C)c2Cl)c(C(=O)C(F)(F)F)c1. The summed E-state index contributed by atoms with van der Waals surface area (Å²) in [5, 5.41) is 7.14. The van der Waals surface area contributed by atoms with E-state index in [0.717, 1.165) is 17.4 Å². The normalized spacial score (nSPS) is 12.0. The molecule has 0 atom stereocenters. The zero-order valence-corrected chi connectivity index (χ0v) is 20.4. The van der Waals surface area contributed by atoms with Crippen molar-refractivity contribution in [2.24, 2.45) is 0 Å². The smallest absolute Gasteiger partial charge is 0.336 e. The number of hydrogen-bond donors (Lipinski definition) is 2. The van der Waals surface area contributed by atoms with Crippen LogP contribution in [0, 0.1) is 27.7 Å². The van der Waals surface area contributed by atoms with E-state index < -0.39 is 38.3 Å². The number of benzene rings is 1. The number of thiophene rings is 1. The Balaban J connectivity index is 2.03. The number of nitrogens with one attached hydrogen (secondary N) is 2. The van der Waals surface area contributed by atoms with Gasteiger partial charge in [0, 0.05) is 0 Å². The molecule has 3 aromatic rings. The molecule has 0 fully saturated rings. The molecule has 2 heterocycles. The predicted molar refractivity (Wildman–Crippen MR) is 120 cm³/mol. The summed E-state index contributed by atoms with van der Waals surface area (Å²) in [6.45, 7) is 5.84. The van der Waals surface area contributed by atoms with Gasteiger partial charge in [-0.25, -0.2) is 13.1 Å². The molecule has 14 heteroatoms. The van der Waals surface area contributed by atoms with Gasteiger partial charge in [0.25, 0.3) is 27.6 Å². The van der Waals surface area contributed by atoms with Crippen molar-refractivity contribution in [2.75, 3.05) is 10.0 Å². The van der Waals surface area contributed by atoms with Crippen molar-refractivity contribution in [1.29, 1.82) is 0 Å². The lowest BCUT2D eigenvalue weighted by atomic mass is 10.0. The summed E-state index contributed by atoms with van der Waals surface area (Å²) in [5.74, 6) is -3.51. The number of carbonyl (C=O) groups excluding carboxylic acids is 2. The van der Waals surface area contributed by atoms with Gasteiger partial charge in [0.05, 0.1) is 11.3 Å². The first-order valence-electron chi connectivity index (χ1n) is 9.40. The highest BCUT2D eigenvalue weighted by molar-refractivity contribution is 7.93. The van der Waals surface area contributed by atoms with Gasteiger partial charge in [-0.2, -0.15) is 13.2 Å². The number of anilines is 2. The maximum Gasteiger partial charge on any atom is 0.454 e. The molecule has 0 spiro atoms. The first-order valence-corrected chi connectivity index (χ1v) is 12.1. The Morgan fingerprint density at radius 1 is 1.12 bits per heavy atom. The number of ketones is 1. The average molecular weight is 536 g/mol. The molecule has 182 valence electrons. The maximum absolute atomic E-state index is 13.1. The van der Waals surface area contributed by atoms with Gasteiger partial charge < -0.3 is 9.84 Å². The van der Waals surface area contributed by atoms with Gasteiger partial charge in [0.2, 0.25) is 0 Å². The van der Waals surface area contributed by atoms with Crippen LogP contribution in [0.2, 0.25) is 5.02 Å². The molecule has 2 N–H and O–H groups in total. The molecular formula is C20H17ClF3N3O5S2. The summed E-state index contributed by atoms with van der Waals surface area (Å²) in [6, 6.07) is 2.49. The monoisotopic (exact) mass is 535 g/mol. The highest BCUT2D eigenvalue weighted by Gasteiger charge is 2.41. The third kappa shape index (κ3) is 4.95. The second kappa shape index (κ2) is 9.04. The molecule has 0 saturated heterocycles. The average Bonchev–Trinajstić information content (AvgIpc) is 3.26. The summed E-state index contributed by atoms with van der Waals surface area (Å²) in [5.41, 5.74) is -0.118. The number of sulfonamides is 1. The Morgan fingerprint density at radius 3 is 2.32 bits per heavy atom. The summed E-state index contributed by atoms with van der Waals surface area (Å²) < 4.78 is 72.4. The van der Waals surface area contributed by atoms with Crippen molar-refractivity contribution in [2.45, 2.75) is 38.8 Å². The zero-order chi connectivity index (χ0) is 25.6. The van der Waals surface area contributed by atoms with Crippen molar-refractivity contribution >= 4 is 56.2 Å². The van der Waals surface area contributed by atoms with E-state index in [2.05, 4.69) is 15.2 Å². The van der Waals surface area contributed by atoms with Crippen LogP contribution in [0.1, 0.15) is 42.4 Å². The van der Waals surface area contributed by atoms with Crippen molar-refractivity contribution in [1.82, 2.24) is 5.16 Å². The van der Waals surface area contributed by atoms with Crippen LogP contribution in [-0.4, -0.2) is 31.4 Å². The molecule has 0 aliphatic carbocycles. The summed E-state index contributed by atoms with van der Waals surface area (Å²) in [4.78, 5) is 24.3. The number of carbonyl (C=O) groups is 2. The molecule has 1 amide bonds. The van der Waals surface area contributed by atoms with Crippen molar-refractivity contribution in [3.05, 3.63) is 55.4 Å². The predicted octanol–water partition coefficient (Wildman–Crippen LogP) is 5.42. The van der Waals surface area contributed by atoms with Gasteiger partial charge in [0.15, 0.2) is 0 Å². The van der Waals surface area contributed by atoms with E-state index in [1.165, 1.54) is 39.1 Å². The van der Waals surface area contributed by atoms with E-state index in [1.54, 1.807) is 0 Å². The number of hydrogen-bond acceptors (Lipinski definition) is 7. The van der Waals surface area contributed by atoms with Crippen LogP contribution in [0.5, 0.6) is 0 Å². The van der Waals surface area contributed by atoms with Crippen LogP contribution in [0.15, 0.2) is 26.9 Å². The number of Topliss-reactive ketones (excluding diaryl/α,β-unsaturated/α-hetero) is 1. The molecule has 0 aliphatic heterocycles. The van der Waals surface area contributed by atoms with Crippen molar-refractivity contribution in [3.63, 3.8) is 0 Å². The first-order chi connectivity index (χ1) is 15.6. The molecule has 3 rings (SSSR count). The fourth-order valence-corrected chi connectivity index (χ4v) is 6.02. The van der Waals surface area contributed by atoms with Gasteiger partial charge in [-0.1, -0.05) is 22.8 Å². The van der Waals surface area contributed by atoms with Crippen LogP contribution in [0.4, 0.5) is 24.7 Å². The van der Waals surface area contributed by atoms with Gasteiger partial charge in [-0.15, -0.1) is 11.3 Å². The Kier molecular flexibility index (Phi) is 6.84. The molecule has 8 nitrogen and oxygen atoms in total. The van der Waals surface area contributed by atoms with E-state index >= 15 is 0 Å². The Bertz CT molecular complexity index is 1410.